The lowest BCUT2D eigenvalue weighted by Gasteiger charge is -2.24. The first-order valence-electron chi connectivity index (χ1n) is 6.86. The highest BCUT2D eigenvalue weighted by Gasteiger charge is 2.41. The van der Waals surface area contributed by atoms with E-state index in [0.29, 0.717) is 12.2 Å². The van der Waals surface area contributed by atoms with Crippen molar-refractivity contribution in [2.24, 2.45) is 0 Å². The van der Waals surface area contributed by atoms with Crippen molar-refractivity contribution >= 4 is 5.91 Å². The lowest BCUT2D eigenvalue weighted by Crippen LogP contribution is -2.37. The van der Waals surface area contributed by atoms with E-state index in [0.717, 1.165) is 12.8 Å². The van der Waals surface area contributed by atoms with Gasteiger partial charge in [0.1, 0.15) is 13.2 Å². The summed E-state index contributed by atoms with van der Waals surface area (Å²) in [6.45, 7) is -1.65. The van der Waals surface area contributed by atoms with Crippen molar-refractivity contribution in [2.45, 2.75) is 31.2 Å². The SMILES string of the molecule is O=C(COCC(F)(F)C(F)F)N1CCC[C@H]1c1ccccn1. The molecule has 22 heavy (non-hydrogen) atoms. The summed E-state index contributed by atoms with van der Waals surface area (Å²) in [5.74, 6) is -4.75. The third kappa shape index (κ3) is 3.94. The lowest BCUT2D eigenvalue weighted by molar-refractivity contribution is -0.171. The van der Waals surface area contributed by atoms with Crippen LogP contribution < -0.4 is 0 Å². The predicted octanol–water partition coefficient (Wildman–Crippen LogP) is 2.66. The summed E-state index contributed by atoms with van der Waals surface area (Å²) in [6.07, 6.45) is -0.720. The Labute approximate surface area is 125 Å². The first kappa shape index (κ1) is 16.7. The quantitative estimate of drug-likeness (QED) is 0.757. The Morgan fingerprint density at radius 3 is 2.86 bits per heavy atom. The zero-order valence-electron chi connectivity index (χ0n) is 11.7. The highest BCUT2D eigenvalue weighted by molar-refractivity contribution is 5.78. The maximum absolute atomic E-state index is 12.7. The molecule has 0 aliphatic carbocycles. The Bertz CT molecular complexity index is 499. The van der Waals surface area contributed by atoms with Gasteiger partial charge < -0.3 is 9.64 Å². The molecular formula is C14H16F4N2O2. The molecule has 1 aromatic rings. The minimum atomic E-state index is -4.24. The van der Waals surface area contributed by atoms with E-state index in [1.807, 2.05) is 0 Å². The normalized spacial score (nSPS) is 19.0. The van der Waals surface area contributed by atoms with Crippen molar-refractivity contribution in [3.05, 3.63) is 30.1 Å². The van der Waals surface area contributed by atoms with Gasteiger partial charge in [0.2, 0.25) is 5.91 Å². The largest absolute Gasteiger partial charge is 0.365 e. The highest BCUT2D eigenvalue weighted by atomic mass is 19.3. The minimum absolute atomic E-state index is 0.229. The standard InChI is InChI=1S/C14H16F4N2O2/c15-13(16)14(17,18)9-22-8-12(21)20-7-3-5-11(20)10-4-1-2-6-19-10/h1-2,4,6,11,13H,3,5,7-9H2/t11-/m0/s1. The molecule has 2 heterocycles. The molecule has 1 fully saturated rings. The smallest absolute Gasteiger partial charge is 0.330 e. The maximum Gasteiger partial charge on any atom is 0.330 e. The van der Waals surface area contributed by atoms with Crippen LogP contribution in [0.1, 0.15) is 24.6 Å². The van der Waals surface area contributed by atoms with Gasteiger partial charge in [0.25, 0.3) is 0 Å². The van der Waals surface area contributed by atoms with Crippen molar-refractivity contribution in [2.75, 3.05) is 19.8 Å². The monoisotopic (exact) mass is 320 g/mol. The molecule has 1 saturated heterocycles. The predicted molar refractivity (Wildman–Crippen MR) is 69.7 cm³/mol. The number of rotatable bonds is 6. The van der Waals surface area contributed by atoms with Crippen LogP contribution in [0.2, 0.25) is 0 Å². The molecule has 1 atom stereocenters. The molecule has 4 nitrogen and oxygen atoms in total. The van der Waals surface area contributed by atoms with Crippen LogP contribution in [0.4, 0.5) is 17.6 Å². The van der Waals surface area contributed by atoms with Crippen LogP contribution in [0, 0.1) is 0 Å². The molecule has 2 rings (SSSR count). The summed E-state index contributed by atoms with van der Waals surface area (Å²) in [5.41, 5.74) is 0.714. The number of likely N-dealkylation sites (tertiary alicyclic amines) is 1. The molecule has 122 valence electrons. The summed E-state index contributed by atoms with van der Waals surface area (Å²) in [7, 11) is 0. The number of amides is 1. The molecule has 0 bridgehead atoms. The zero-order valence-corrected chi connectivity index (χ0v) is 11.7. The van der Waals surface area contributed by atoms with Gasteiger partial charge in [0, 0.05) is 12.7 Å². The van der Waals surface area contributed by atoms with Gasteiger partial charge in [-0.3, -0.25) is 9.78 Å². The van der Waals surface area contributed by atoms with Crippen LogP contribution >= 0.6 is 0 Å². The van der Waals surface area contributed by atoms with Gasteiger partial charge in [-0.1, -0.05) is 6.07 Å². The molecule has 1 aliphatic heterocycles. The molecule has 1 amide bonds. The van der Waals surface area contributed by atoms with Crippen LogP contribution in [0.25, 0.3) is 0 Å². The third-order valence-electron chi connectivity index (χ3n) is 3.44. The molecule has 0 unspecified atom stereocenters. The van der Waals surface area contributed by atoms with Crippen LogP contribution in [-0.4, -0.2) is 47.9 Å². The van der Waals surface area contributed by atoms with Crippen LogP contribution in [-0.2, 0) is 9.53 Å². The van der Waals surface area contributed by atoms with Crippen molar-refractivity contribution in [3.63, 3.8) is 0 Å². The minimum Gasteiger partial charge on any atom is -0.365 e. The molecule has 1 aliphatic rings. The number of aromatic nitrogens is 1. The van der Waals surface area contributed by atoms with Gasteiger partial charge in [-0.05, 0) is 25.0 Å². The summed E-state index contributed by atoms with van der Waals surface area (Å²) in [5, 5.41) is 0. The number of ether oxygens (including phenoxy) is 1. The average molecular weight is 320 g/mol. The first-order valence-corrected chi connectivity index (χ1v) is 6.86. The van der Waals surface area contributed by atoms with Crippen molar-refractivity contribution in [1.82, 2.24) is 9.88 Å². The zero-order chi connectivity index (χ0) is 16.2. The number of carbonyl (C=O) groups is 1. The summed E-state index contributed by atoms with van der Waals surface area (Å²) in [6, 6.07) is 5.10. The van der Waals surface area contributed by atoms with E-state index in [1.165, 1.54) is 4.90 Å². The van der Waals surface area contributed by atoms with E-state index in [4.69, 9.17) is 0 Å². The second-order valence-corrected chi connectivity index (χ2v) is 5.05. The van der Waals surface area contributed by atoms with E-state index >= 15 is 0 Å². The Hall–Kier alpha value is -1.70. The fourth-order valence-corrected chi connectivity index (χ4v) is 2.37. The van der Waals surface area contributed by atoms with E-state index in [1.54, 1.807) is 24.4 Å². The van der Waals surface area contributed by atoms with Gasteiger partial charge >= 0.3 is 12.3 Å². The summed E-state index contributed by atoms with van der Waals surface area (Å²) < 4.78 is 53.9. The average Bonchev–Trinajstić information content (AvgIpc) is 2.97. The number of hydrogen-bond donors (Lipinski definition) is 0. The van der Waals surface area contributed by atoms with E-state index in [2.05, 4.69) is 9.72 Å². The molecule has 0 aromatic carbocycles. The highest BCUT2D eigenvalue weighted by Crippen LogP contribution is 2.30. The van der Waals surface area contributed by atoms with Crippen LogP contribution in [0.15, 0.2) is 24.4 Å². The first-order chi connectivity index (χ1) is 10.4. The number of halogens is 4. The number of nitrogens with zero attached hydrogens (tertiary/aromatic N) is 2. The van der Waals surface area contributed by atoms with Crippen molar-refractivity contribution in [1.29, 1.82) is 0 Å². The van der Waals surface area contributed by atoms with Crippen LogP contribution in [0.3, 0.4) is 0 Å². The van der Waals surface area contributed by atoms with Gasteiger partial charge in [-0.2, -0.15) is 8.78 Å². The molecular weight excluding hydrogens is 304 g/mol. The lowest BCUT2D eigenvalue weighted by atomic mass is 10.1. The third-order valence-corrected chi connectivity index (χ3v) is 3.44. The Kier molecular flexibility index (Phi) is 5.33. The number of hydrogen-bond acceptors (Lipinski definition) is 3. The van der Waals surface area contributed by atoms with E-state index in [-0.39, 0.29) is 6.04 Å². The van der Waals surface area contributed by atoms with Crippen LogP contribution in [0.5, 0.6) is 0 Å². The fraction of sp³-hybridized carbons (Fsp3) is 0.571. The number of alkyl halides is 4. The Morgan fingerprint density at radius 1 is 1.45 bits per heavy atom. The topological polar surface area (TPSA) is 42.4 Å². The van der Waals surface area contributed by atoms with Gasteiger partial charge in [0.15, 0.2) is 0 Å². The molecule has 0 radical (unpaired) electrons. The van der Waals surface area contributed by atoms with E-state index < -0.39 is 31.5 Å². The Balaban J connectivity index is 1.89. The van der Waals surface area contributed by atoms with Crippen molar-refractivity contribution < 1.29 is 27.1 Å². The second kappa shape index (κ2) is 7.04. The molecule has 1 aromatic heterocycles. The summed E-state index contributed by atoms with van der Waals surface area (Å²) in [4.78, 5) is 17.7. The molecule has 8 heteroatoms. The fourth-order valence-electron chi connectivity index (χ4n) is 2.37. The summed E-state index contributed by atoms with van der Waals surface area (Å²) >= 11 is 0. The maximum atomic E-state index is 12.7. The number of pyridine rings is 1. The van der Waals surface area contributed by atoms with Gasteiger partial charge in [-0.15, -0.1) is 0 Å². The number of carbonyl (C=O) groups excluding carboxylic acids is 1. The molecule has 0 saturated carbocycles. The van der Waals surface area contributed by atoms with Gasteiger partial charge in [0.05, 0.1) is 11.7 Å². The van der Waals surface area contributed by atoms with Crippen molar-refractivity contribution in [3.8, 4) is 0 Å². The van der Waals surface area contributed by atoms with E-state index in [9.17, 15) is 22.4 Å². The molecule has 0 spiro atoms. The van der Waals surface area contributed by atoms with Gasteiger partial charge in [-0.25, -0.2) is 8.78 Å². The Morgan fingerprint density at radius 2 is 2.23 bits per heavy atom. The second-order valence-electron chi connectivity index (χ2n) is 5.05. The molecule has 0 N–H and O–H groups in total.